The molecule has 1 N–H and O–H groups in total. The van der Waals surface area contributed by atoms with Crippen LogP contribution in [0.25, 0.3) is 0 Å². The molecule has 0 bridgehead atoms. The number of hydrogen-bond acceptors (Lipinski definition) is 3. The zero-order chi connectivity index (χ0) is 16.7. The second kappa shape index (κ2) is 8.84. The summed E-state index contributed by atoms with van der Waals surface area (Å²) in [5.74, 6) is 0.626. The average Bonchev–Trinajstić information content (AvgIpc) is 2.53. The predicted octanol–water partition coefficient (Wildman–Crippen LogP) is 4.36. The number of carbonyl (C=O) groups is 1. The molecule has 0 spiro atoms. The smallest absolute Gasteiger partial charge is 0.250 e. The molecule has 2 aromatic rings. The van der Waals surface area contributed by atoms with Crippen molar-refractivity contribution in [2.24, 2.45) is 5.10 Å². The zero-order valence-electron chi connectivity index (χ0n) is 12.6. The zero-order valence-corrected chi connectivity index (χ0v) is 15.0. The lowest BCUT2D eigenvalue weighted by atomic mass is 10.1. The number of rotatable bonds is 6. The van der Waals surface area contributed by atoms with Gasteiger partial charge in [0.05, 0.1) is 11.5 Å². The third-order valence-electron chi connectivity index (χ3n) is 3.00. The van der Waals surface area contributed by atoms with Gasteiger partial charge in [-0.25, -0.2) is 9.82 Å². The summed E-state index contributed by atoms with van der Waals surface area (Å²) in [7, 11) is 0. The lowest BCUT2D eigenvalue weighted by Gasteiger charge is -2.04. The van der Waals surface area contributed by atoms with Gasteiger partial charge in [0.1, 0.15) is 5.82 Å². The number of carbonyl (C=O) groups excluding carboxylic acids is 1. The second-order valence-corrected chi connectivity index (χ2v) is 6.76. The van der Waals surface area contributed by atoms with Gasteiger partial charge < -0.3 is 0 Å². The predicted molar refractivity (Wildman–Crippen MR) is 97.1 cm³/mol. The van der Waals surface area contributed by atoms with E-state index in [9.17, 15) is 9.18 Å². The summed E-state index contributed by atoms with van der Waals surface area (Å²) in [5, 5.41) is 4.04. The molecule has 0 aliphatic heterocycles. The van der Waals surface area contributed by atoms with Crippen molar-refractivity contribution in [2.45, 2.75) is 12.7 Å². The highest BCUT2D eigenvalue weighted by Gasteiger charge is 2.03. The molecule has 1 amide bonds. The number of nitrogens with zero attached hydrogens (tertiary/aromatic N) is 1. The molecule has 23 heavy (non-hydrogen) atoms. The van der Waals surface area contributed by atoms with Gasteiger partial charge in [0.2, 0.25) is 5.91 Å². The van der Waals surface area contributed by atoms with E-state index in [-0.39, 0.29) is 11.7 Å². The lowest BCUT2D eigenvalue weighted by molar-refractivity contribution is -0.118. The first-order valence-electron chi connectivity index (χ1n) is 6.96. The topological polar surface area (TPSA) is 41.5 Å². The fourth-order valence-electron chi connectivity index (χ4n) is 1.82. The highest BCUT2D eigenvalue weighted by atomic mass is 79.9. The van der Waals surface area contributed by atoms with Gasteiger partial charge in [-0.3, -0.25) is 4.79 Å². The molecule has 0 heterocycles. The van der Waals surface area contributed by atoms with Crippen molar-refractivity contribution < 1.29 is 9.18 Å². The van der Waals surface area contributed by atoms with Crippen LogP contribution in [0.15, 0.2) is 58.1 Å². The summed E-state index contributed by atoms with van der Waals surface area (Å²) >= 11 is 4.94. The normalized spacial score (nSPS) is 11.3. The molecule has 0 saturated carbocycles. The SMILES string of the molecule is C/C(=N\NC(=O)CSCc1cccc(Br)c1)c1ccc(F)cc1. The van der Waals surface area contributed by atoms with Crippen molar-refractivity contribution in [1.82, 2.24) is 5.43 Å². The highest BCUT2D eigenvalue weighted by Crippen LogP contribution is 2.16. The molecule has 0 atom stereocenters. The van der Waals surface area contributed by atoms with Crippen molar-refractivity contribution in [1.29, 1.82) is 0 Å². The van der Waals surface area contributed by atoms with Gasteiger partial charge in [0.15, 0.2) is 0 Å². The molecule has 0 aliphatic rings. The van der Waals surface area contributed by atoms with E-state index < -0.39 is 0 Å². The molecule has 0 fully saturated rings. The van der Waals surface area contributed by atoms with Crippen molar-refractivity contribution in [3.8, 4) is 0 Å². The van der Waals surface area contributed by atoms with E-state index in [0.717, 1.165) is 21.4 Å². The van der Waals surface area contributed by atoms with Crippen LogP contribution in [-0.2, 0) is 10.5 Å². The van der Waals surface area contributed by atoms with Crippen LogP contribution in [0.3, 0.4) is 0 Å². The number of benzene rings is 2. The van der Waals surface area contributed by atoms with Crippen molar-refractivity contribution >= 4 is 39.3 Å². The van der Waals surface area contributed by atoms with Crippen LogP contribution in [0.1, 0.15) is 18.1 Å². The van der Waals surface area contributed by atoms with E-state index in [1.807, 2.05) is 24.3 Å². The molecule has 0 saturated heterocycles. The number of hydrazone groups is 1. The number of halogens is 2. The van der Waals surface area contributed by atoms with Gasteiger partial charge in [0, 0.05) is 10.2 Å². The Kier molecular flexibility index (Phi) is 6.80. The maximum Gasteiger partial charge on any atom is 0.250 e. The molecule has 120 valence electrons. The number of thioether (sulfide) groups is 1. The minimum Gasteiger partial charge on any atom is -0.272 e. The monoisotopic (exact) mass is 394 g/mol. The van der Waals surface area contributed by atoms with Gasteiger partial charge in [-0.1, -0.05) is 40.2 Å². The third-order valence-corrected chi connectivity index (χ3v) is 4.50. The van der Waals surface area contributed by atoms with Crippen LogP contribution >= 0.6 is 27.7 Å². The molecule has 6 heteroatoms. The van der Waals surface area contributed by atoms with Gasteiger partial charge in [-0.05, 0) is 42.3 Å². The van der Waals surface area contributed by atoms with E-state index in [1.54, 1.807) is 19.1 Å². The standard InChI is InChI=1S/C17H16BrFN2OS/c1-12(14-5-7-16(19)8-6-14)20-21-17(22)11-23-10-13-3-2-4-15(18)9-13/h2-9H,10-11H2,1H3,(H,21,22)/b20-12+. The first-order valence-corrected chi connectivity index (χ1v) is 8.90. The molecule has 0 unspecified atom stereocenters. The third kappa shape index (κ3) is 6.15. The maximum absolute atomic E-state index is 12.9. The van der Waals surface area contributed by atoms with E-state index in [0.29, 0.717) is 11.5 Å². The molecule has 0 aromatic heterocycles. The van der Waals surface area contributed by atoms with Crippen LogP contribution < -0.4 is 5.43 Å². The van der Waals surface area contributed by atoms with E-state index in [2.05, 4.69) is 26.5 Å². The van der Waals surface area contributed by atoms with Crippen LogP contribution in [0.2, 0.25) is 0 Å². The van der Waals surface area contributed by atoms with Gasteiger partial charge in [-0.15, -0.1) is 11.8 Å². The van der Waals surface area contributed by atoms with Crippen LogP contribution in [0.4, 0.5) is 4.39 Å². The quantitative estimate of drug-likeness (QED) is 0.583. The summed E-state index contributed by atoms with van der Waals surface area (Å²) in [5.41, 5.74) is 5.08. The Bertz CT molecular complexity index is 704. The molecule has 0 aliphatic carbocycles. The summed E-state index contributed by atoms with van der Waals surface area (Å²) < 4.78 is 13.9. The van der Waals surface area contributed by atoms with Crippen molar-refractivity contribution in [3.63, 3.8) is 0 Å². The van der Waals surface area contributed by atoms with Gasteiger partial charge in [0.25, 0.3) is 0 Å². The van der Waals surface area contributed by atoms with Gasteiger partial charge in [-0.2, -0.15) is 5.10 Å². The Morgan fingerprint density at radius 3 is 2.70 bits per heavy atom. The molecular weight excluding hydrogens is 379 g/mol. The van der Waals surface area contributed by atoms with E-state index in [1.165, 1.54) is 23.9 Å². The Labute approximate surface area is 147 Å². The summed E-state index contributed by atoms with van der Waals surface area (Å²) in [4.78, 5) is 11.8. The Hall–Kier alpha value is -1.66. The first-order chi connectivity index (χ1) is 11.0. The molecular formula is C17H16BrFN2OS. The summed E-state index contributed by atoms with van der Waals surface area (Å²) in [6, 6.07) is 14.0. The van der Waals surface area contributed by atoms with E-state index in [4.69, 9.17) is 0 Å². The lowest BCUT2D eigenvalue weighted by Crippen LogP contribution is -2.21. The van der Waals surface area contributed by atoms with Crippen LogP contribution in [0, 0.1) is 5.82 Å². The molecule has 3 nitrogen and oxygen atoms in total. The molecule has 2 rings (SSSR count). The largest absolute Gasteiger partial charge is 0.272 e. The number of amides is 1. The second-order valence-electron chi connectivity index (χ2n) is 4.86. The first kappa shape index (κ1) is 17.7. The minimum atomic E-state index is -0.297. The van der Waals surface area contributed by atoms with Gasteiger partial charge >= 0.3 is 0 Å². The Morgan fingerprint density at radius 2 is 2.00 bits per heavy atom. The van der Waals surface area contributed by atoms with Crippen LogP contribution in [0.5, 0.6) is 0 Å². The Balaban J connectivity index is 1.78. The fraction of sp³-hybridized carbons (Fsp3) is 0.176. The number of nitrogens with one attached hydrogen (secondary N) is 1. The molecule has 0 radical (unpaired) electrons. The Morgan fingerprint density at radius 1 is 1.26 bits per heavy atom. The average molecular weight is 395 g/mol. The van der Waals surface area contributed by atoms with Crippen molar-refractivity contribution in [3.05, 3.63) is 69.9 Å². The molecule has 2 aromatic carbocycles. The fourth-order valence-corrected chi connectivity index (χ4v) is 3.04. The minimum absolute atomic E-state index is 0.161. The summed E-state index contributed by atoms with van der Waals surface area (Å²) in [6.07, 6.45) is 0. The van der Waals surface area contributed by atoms with Crippen molar-refractivity contribution in [2.75, 3.05) is 5.75 Å². The maximum atomic E-state index is 12.9. The summed E-state index contributed by atoms with van der Waals surface area (Å²) in [6.45, 7) is 1.77. The highest BCUT2D eigenvalue weighted by molar-refractivity contribution is 9.10. The van der Waals surface area contributed by atoms with Crippen LogP contribution in [-0.4, -0.2) is 17.4 Å². The van der Waals surface area contributed by atoms with E-state index >= 15 is 0 Å². The number of hydrogen-bond donors (Lipinski definition) is 1.